The van der Waals surface area contributed by atoms with Crippen molar-refractivity contribution in [2.75, 3.05) is 11.9 Å². The molecule has 2 amide bonds. The van der Waals surface area contributed by atoms with Crippen molar-refractivity contribution in [3.63, 3.8) is 0 Å². The molecule has 0 heterocycles. The summed E-state index contributed by atoms with van der Waals surface area (Å²) in [6.45, 7) is 4.12. The molecule has 3 aromatic carbocycles. The van der Waals surface area contributed by atoms with E-state index in [2.05, 4.69) is 10.6 Å². The number of rotatable bonds is 8. The predicted molar refractivity (Wildman–Crippen MR) is 119 cm³/mol. The summed E-state index contributed by atoms with van der Waals surface area (Å²) in [5.41, 5.74) is 2.99. The van der Waals surface area contributed by atoms with Crippen LogP contribution in [0.1, 0.15) is 28.4 Å². The Balaban J connectivity index is 1.60. The molecule has 0 aromatic heterocycles. The number of hydrogen-bond donors (Lipinski definition) is 2. The molecule has 154 valence electrons. The largest absolute Gasteiger partial charge is 0.481 e. The lowest BCUT2D eigenvalue weighted by Crippen LogP contribution is -2.32. The number of carbonyl (C=O) groups is 2. The van der Waals surface area contributed by atoms with Crippen LogP contribution in [0.25, 0.3) is 0 Å². The maximum absolute atomic E-state index is 12.6. The fourth-order valence-electron chi connectivity index (χ4n) is 3.02. The van der Waals surface area contributed by atoms with Crippen molar-refractivity contribution >= 4 is 17.5 Å². The van der Waals surface area contributed by atoms with Gasteiger partial charge in [-0.1, -0.05) is 60.7 Å². The molecule has 1 atom stereocenters. The van der Waals surface area contributed by atoms with Crippen LogP contribution in [0.4, 0.5) is 5.69 Å². The molecule has 0 saturated carbocycles. The number of ether oxygens (including phenoxy) is 1. The van der Waals surface area contributed by atoms with Gasteiger partial charge >= 0.3 is 0 Å². The van der Waals surface area contributed by atoms with Crippen LogP contribution in [-0.4, -0.2) is 24.5 Å². The Labute approximate surface area is 177 Å². The molecule has 5 nitrogen and oxygen atoms in total. The first-order valence-electron chi connectivity index (χ1n) is 9.99. The summed E-state index contributed by atoms with van der Waals surface area (Å²) < 4.78 is 5.78. The van der Waals surface area contributed by atoms with Crippen LogP contribution in [-0.2, 0) is 11.2 Å². The SMILES string of the molecule is Cc1ccccc1O[C@H](C)C(=O)Nc1ccccc1C(=O)NCCc1ccccc1. The summed E-state index contributed by atoms with van der Waals surface area (Å²) in [6, 6.07) is 24.5. The summed E-state index contributed by atoms with van der Waals surface area (Å²) >= 11 is 0. The second-order valence-corrected chi connectivity index (χ2v) is 7.05. The first-order chi connectivity index (χ1) is 14.5. The number of para-hydroxylation sites is 2. The van der Waals surface area contributed by atoms with Crippen LogP contribution in [0, 0.1) is 6.92 Å². The van der Waals surface area contributed by atoms with Gasteiger partial charge in [-0.2, -0.15) is 0 Å². The molecule has 0 aliphatic carbocycles. The summed E-state index contributed by atoms with van der Waals surface area (Å²) in [4.78, 5) is 25.3. The van der Waals surface area contributed by atoms with E-state index >= 15 is 0 Å². The summed E-state index contributed by atoms with van der Waals surface area (Å²) in [5, 5.41) is 5.73. The molecule has 0 fully saturated rings. The fraction of sp³-hybridized carbons (Fsp3) is 0.200. The molecule has 2 N–H and O–H groups in total. The summed E-state index contributed by atoms with van der Waals surface area (Å²) in [6.07, 6.45) is 0.0304. The van der Waals surface area contributed by atoms with Gasteiger partial charge in [0.2, 0.25) is 0 Å². The molecule has 3 aromatic rings. The van der Waals surface area contributed by atoms with Gasteiger partial charge in [0, 0.05) is 6.54 Å². The van der Waals surface area contributed by atoms with Gasteiger partial charge in [-0.3, -0.25) is 9.59 Å². The quantitative estimate of drug-likeness (QED) is 0.588. The van der Waals surface area contributed by atoms with E-state index in [1.54, 1.807) is 31.2 Å². The lowest BCUT2D eigenvalue weighted by atomic mass is 10.1. The Bertz CT molecular complexity index is 1000. The molecular formula is C25H26N2O3. The maximum atomic E-state index is 12.6. The summed E-state index contributed by atoms with van der Waals surface area (Å²) in [5.74, 6) is 0.115. The van der Waals surface area contributed by atoms with Gasteiger partial charge in [0.05, 0.1) is 11.3 Å². The molecule has 30 heavy (non-hydrogen) atoms. The number of aryl methyl sites for hydroxylation is 1. The van der Waals surface area contributed by atoms with Crippen molar-refractivity contribution in [2.45, 2.75) is 26.4 Å². The highest BCUT2D eigenvalue weighted by atomic mass is 16.5. The van der Waals surface area contributed by atoms with Crippen LogP contribution in [0.3, 0.4) is 0 Å². The van der Waals surface area contributed by atoms with Crippen molar-refractivity contribution in [1.29, 1.82) is 0 Å². The Hall–Kier alpha value is -3.60. The second kappa shape index (κ2) is 10.3. The molecular weight excluding hydrogens is 376 g/mol. The van der Waals surface area contributed by atoms with E-state index < -0.39 is 6.10 Å². The van der Waals surface area contributed by atoms with Gasteiger partial charge in [-0.25, -0.2) is 0 Å². The van der Waals surface area contributed by atoms with E-state index in [1.165, 1.54) is 0 Å². The van der Waals surface area contributed by atoms with E-state index in [1.807, 2.05) is 61.5 Å². The molecule has 0 unspecified atom stereocenters. The van der Waals surface area contributed by atoms with Crippen LogP contribution in [0.2, 0.25) is 0 Å². The maximum Gasteiger partial charge on any atom is 0.265 e. The molecule has 0 bridgehead atoms. The lowest BCUT2D eigenvalue weighted by molar-refractivity contribution is -0.122. The fourth-order valence-corrected chi connectivity index (χ4v) is 3.02. The molecule has 0 radical (unpaired) electrons. The van der Waals surface area contributed by atoms with Crippen molar-refractivity contribution in [2.24, 2.45) is 0 Å². The third-order valence-corrected chi connectivity index (χ3v) is 4.74. The Morgan fingerprint density at radius 3 is 2.33 bits per heavy atom. The first kappa shape index (κ1) is 21.1. The number of nitrogens with one attached hydrogen (secondary N) is 2. The zero-order valence-corrected chi connectivity index (χ0v) is 17.2. The Morgan fingerprint density at radius 2 is 1.57 bits per heavy atom. The van der Waals surface area contributed by atoms with Gasteiger partial charge in [0.15, 0.2) is 6.10 Å². The van der Waals surface area contributed by atoms with E-state index in [0.29, 0.717) is 23.5 Å². The van der Waals surface area contributed by atoms with E-state index in [0.717, 1.165) is 17.5 Å². The van der Waals surface area contributed by atoms with Gasteiger partial charge < -0.3 is 15.4 Å². The van der Waals surface area contributed by atoms with Crippen LogP contribution < -0.4 is 15.4 Å². The topological polar surface area (TPSA) is 67.4 Å². The third-order valence-electron chi connectivity index (χ3n) is 4.74. The molecule has 0 spiro atoms. The highest BCUT2D eigenvalue weighted by molar-refractivity contribution is 6.04. The van der Waals surface area contributed by atoms with Crippen LogP contribution >= 0.6 is 0 Å². The Morgan fingerprint density at radius 1 is 0.900 bits per heavy atom. The van der Waals surface area contributed by atoms with Gasteiger partial charge in [0.25, 0.3) is 11.8 Å². The zero-order chi connectivity index (χ0) is 21.3. The first-order valence-corrected chi connectivity index (χ1v) is 9.99. The van der Waals surface area contributed by atoms with E-state index in [-0.39, 0.29) is 11.8 Å². The molecule has 0 aliphatic heterocycles. The average molecular weight is 402 g/mol. The Kier molecular flexibility index (Phi) is 7.22. The monoisotopic (exact) mass is 402 g/mol. The van der Waals surface area contributed by atoms with E-state index in [9.17, 15) is 9.59 Å². The minimum atomic E-state index is -0.708. The van der Waals surface area contributed by atoms with Gasteiger partial charge in [0.1, 0.15) is 5.75 Å². The van der Waals surface area contributed by atoms with Crippen molar-refractivity contribution in [1.82, 2.24) is 5.32 Å². The van der Waals surface area contributed by atoms with E-state index in [4.69, 9.17) is 4.74 Å². The smallest absolute Gasteiger partial charge is 0.265 e. The van der Waals surface area contributed by atoms with Crippen LogP contribution in [0.15, 0.2) is 78.9 Å². The summed E-state index contributed by atoms with van der Waals surface area (Å²) in [7, 11) is 0. The number of benzene rings is 3. The zero-order valence-electron chi connectivity index (χ0n) is 17.2. The normalized spacial score (nSPS) is 11.4. The molecule has 0 saturated heterocycles. The third kappa shape index (κ3) is 5.70. The molecule has 0 aliphatic rings. The average Bonchev–Trinajstić information content (AvgIpc) is 2.76. The minimum absolute atomic E-state index is 0.227. The highest BCUT2D eigenvalue weighted by Crippen LogP contribution is 2.19. The minimum Gasteiger partial charge on any atom is -0.481 e. The predicted octanol–water partition coefficient (Wildman–Crippen LogP) is 4.37. The standard InChI is InChI=1S/C25H26N2O3/c1-18-10-6-9-15-23(18)30-19(2)24(28)27-22-14-8-7-13-21(22)25(29)26-17-16-20-11-4-3-5-12-20/h3-15,19H,16-17H2,1-2H3,(H,26,29)(H,27,28)/t19-/m1/s1. The highest BCUT2D eigenvalue weighted by Gasteiger charge is 2.19. The van der Waals surface area contributed by atoms with Crippen LogP contribution in [0.5, 0.6) is 5.75 Å². The van der Waals surface area contributed by atoms with Crippen molar-refractivity contribution in [3.05, 3.63) is 95.6 Å². The number of anilines is 1. The molecule has 5 heteroatoms. The number of amides is 2. The second-order valence-electron chi connectivity index (χ2n) is 7.05. The molecule has 3 rings (SSSR count). The lowest BCUT2D eigenvalue weighted by Gasteiger charge is -2.17. The van der Waals surface area contributed by atoms with Crippen molar-refractivity contribution < 1.29 is 14.3 Å². The van der Waals surface area contributed by atoms with Crippen molar-refractivity contribution in [3.8, 4) is 5.75 Å². The number of carbonyl (C=O) groups excluding carboxylic acids is 2. The van der Waals surface area contributed by atoms with Gasteiger partial charge in [-0.15, -0.1) is 0 Å². The number of hydrogen-bond acceptors (Lipinski definition) is 3. The van der Waals surface area contributed by atoms with Gasteiger partial charge in [-0.05, 0) is 49.6 Å².